The first-order valence-electron chi connectivity index (χ1n) is 7.86. The highest BCUT2D eigenvalue weighted by atomic mass is 16.7. The number of amides is 1. The summed E-state index contributed by atoms with van der Waals surface area (Å²) in [5.74, 6) is 1.20. The van der Waals surface area contributed by atoms with Crippen LogP contribution in [0.15, 0.2) is 27.8 Å². The molecule has 0 unspecified atom stereocenters. The second-order valence-electron chi connectivity index (χ2n) is 6.14. The van der Waals surface area contributed by atoms with Crippen LogP contribution in [-0.4, -0.2) is 31.4 Å². The number of aromatic nitrogens is 4. The van der Waals surface area contributed by atoms with Crippen LogP contribution >= 0.6 is 0 Å². The lowest BCUT2D eigenvalue weighted by atomic mass is 10.2. The summed E-state index contributed by atoms with van der Waals surface area (Å²) in [5.41, 5.74) is 0.0603. The normalized spacial score (nSPS) is 15.2. The lowest BCUT2D eigenvalue weighted by Gasteiger charge is -2.14. The van der Waals surface area contributed by atoms with Crippen LogP contribution < -0.4 is 25.6 Å². The van der Waals surface area contributed by atoms with Gasteiger partial charge in [0.1, 0.15) is 6.54 Å². The van der Waals surface area contributed by atoms with E-state index in [1.807, 2.05) is 0 Å². The zero-order valence-corrected chi connectivity index (χ0v) is 13.9. The first-order chi connectivity index (χ1) is 12.5. The molecule has 2 aromatic heterocycles. The van der Waals surface area contributed by atoms with Gasteiger partial charge in [-0.25, -0.2) is 9.69 Å². The largest absolute Gasteiger partial charge is 0.454 e. The molecule has 0 atom stereocenters. The van der Waals surface area contributed by atoms with Gasteiger partial charge in [-0.2, -0.15) is 4.98 Å². The van der Waals surface area contributed by atoms with Gasteiger partial charge in [0.25, 0.3) is 11.5 Å². The summed E-state index contributed by atoms with van der Waals surface area (Å²) in [6.45, 7) is 0.0944. The van der Waals surface area contributed by atoms with E-state index >= 15 is 0 Å². The molecule has 3 aromatic rings. The fraction of sp³-hybridized carbons (Fsp3) is 0.250. The minimum absolute atomic E-state index is 0.0340. The van der Waals surface area contributed by atoms with Crippen molar-refractivity contribution in [3.8, 4) is 11.5 Å². The highest BCUT2D eigenvalue weighted by molar-refractivity contribution is 6.04. The van der Waals surface area contributed by atoms with Crippen LogP contribution in [0.2, 0.25) is 0 Å². The number of imidazole rings is 1. The number of ether oxygens (including phenoxy) is 2. The van der Waals surface area contributed by atoms with Crippen molar-refractivity contribution < 1.29 is 14.3 Å². The van der Waals surface area contributed by atoms with E-state index in [4.69, 9.17) is 9.47 Å². The van der Waals surface area contributed by atoms with Gasteiger partial charge >= 0.3 is 5.69 Å². The smallest absolute Gasteiger partial charge is 0.332 e. The van der Waals surface area contributed by atoms with Crippen molar-refractivity contribution in [1.29, 1.82) is 0 Å². The molecule has 0 saturated carbocycles. The van der Waals surface area contributed by atoms with Gasteiger partial charge in [0.2, 0.25) is 12.7 Å². The SMILES string of the molecule is Cn1c(=O)c2c(nc3n2CC(=O)N3c2ccc3c(c2)OCO3)n(C)c1=O. The Morgan fingerprint density at radius 2 is 1.81 bits per heavy atom. The van der Waals surface area contributed by atoms with Crippen LogP contribution in [0.4, 0.5) is 11.6 Å². The molecule has 0 fully saturated rings. The van der Waals surface area contributed by atoms with Crippen LogP contribution in [0.1, 0.15) is 0 Å². The van der Waals surface area contributed by atoms with Crippen molar-refractivity contribution in [1.82, 2.24) is 18.7 Å². The maximum atomic E-state index is 12.6. The van der Waals surface area contributed by atoms with Crippen molar-refractivity contribution in [2.45, 2.75) is 6.54 Å². The quantitative estimate of drug-likeness (QED) is 0.601. The van der Waals surface area contributed by atoms with E-state index in [1.165, 1.54) is 21.1 Å². The summed E-state index contributed by atoms with van der Waals surface area (Å²) in [4.78, 5) is 43.1. The standard InChI is InChI=1S/C16H13N5O5/c1-18-13-12(14(23)19(2)16(18)24)20-6-11(22)21(15(20)17-13)8-3-4-9-10(5-8)26-7-25-9/h3-5H,6-7H2,1-2H3. The van der Waals surface area contributed by atoms with E-state index in [2.05, 4.69) is 4.98 Å². The second-order valence-corrected chi connectivity index (χ2v) is 6.14. The summed E-state index contributed by atoms with van der Waals surface area (Å²) in [5, 5.41) is 0. The van der Waals surface area contributed by atoms with E-state index < -0.39 is 11.2 Å². The Hall–Kier alpha value is -3.56. The number of hydrogen-bond acceptors (Lipinski definition) is 6. The number of hydrogen-bond donors (Lipinski definition) is 0. The Labute approximate surface area is 145 Å². The number of fused-ring (bicyclic) bond motifs is 4. The molecule has 10 heteroatoms. The van der Waals surface area contributed by atoms with E-state index in [-0.39, 0.29) is 30.4 Å². The van der Waals surface area contributed by atoms with Gasteiger partial charge in [-0.15, -0.1) is 0 Å². The minimum Gasteiger partial charge on any atom is -0.454 e. The number of benzene rings is 1. The lowest BCUT2D eigenvalue weighted by Crippen LogP contribution is -2.37. The highest BCUT2D eigenvalue weighted by Gasteiger charge is 2.35. The zero-order valence-electron chi connectivity index (χ0n) is 13.9. The van der Waals surface area contributed by atoms with Gasteiger partial charge in [-0.3, -0.25) is 23.3 Å². The third-order valence-corrected chi connectivity index (χ3v) is 4.68. The van der Waals surface area contributed by atoms with Crippen LogP contribution in [0.25, 0.3) is 11.2 Å². The Balaban J connectivity index is 1.77. The summed E-state index contributed by atoms with van der Waals surface area (Å²) >= 11 is 0. The zero-order chi connectivity index (χ0) is 18.2. The summed E-state index contributed by atoms with van der Waals surface area (Å²) in [6, 6.07) is 5.12. The van der Waals surface area contributed by atoms with Crippen LogP contribution in [0, 0.1) is 0 Å². The summed E-state index contributed by atoms with van der Waals surface area (Å²) in [6.07, 6.45) is 0. The molecule has 26 heavy (non-hydrogen) atoms. The molecule has 0 spiro atoms. The molecule has 4 heterocycles. The predicted molar refractivity (Wildman–Crippen MR) is 89.9 cm³/mol. The molecule has 132 valence electrons. The van der Waals surface area contributed by atoms with E-state index in [0.29, 0.717) is 23.1 Å². The third kappa shape index (κ3) is 1.70. The molecule has 1 aromatic carbocycles. The van der Waals surface area contributed by atoms with Gasteiger partial charge in [-0.1, -0.05) is 0 Å². The number of rotatable bonds is 1. The van der Waals surface area contributed by atoms with E-state index in [9.17, 15) is 14.4 Å². The van der Waals surface area contributed by atoms with Gasteiger partial charge < -0.3 is 9.47 Å². The average molecular weight is 355 g/mol. The number of anilines is 2. The molecule has 2 aliphatic rings. The molecule has 5 rings (SSSR count). The first-order valence-corrected chi connectivity index (χ1v) is 7.86. The maximum absolute atomic E-state index is 12.6. The summed E-state index contributed by atoms with van der Waals surface area (Å²) < 4.78 is 14.5. The van der Waals surface area contributed by atoms with Gasteiger partial charge in [-0.05, 0) is 12.1 Å². The summed E-state index contributed by atoms with van der Waals surface area (Å²) in [7, 11) is 2.94. The molecule has 0 bridgehead atoms. The maximum Gasteiger partial charge on any atom is 0.332 e. The predicted octanol–water partition coefficient (Wildman–Crippen LogP) is -0.159. The van der Waals surface area contributed by atoms with Crippen molar-refractivity contribution in [2.24, 2.45) is 14.1 Å². The van der Waals surface area contributed by atoms with Crippen molar-refractivity contribution in [2.75, 3.05) is 11.7 Å². The number of nitrogens with zero attached hydrogens (tertiary/aromatic N) is 5. The highest BCUT2D eigenvalue weighted by Crippen LogP contribution is 2.39. The first kappa shape index (κ1) is 14.8. The molecule has 0 N–H and O–H groups in total. The van der Waals surface area contributed by atoms with Gasteiger partial charge in [0.05, 0.1) is 5.69 Å². The van der Waals surface area contributed by atoms with E-state index in [1.54, 1.807) is 25.2 Å². The Morgan fingerprint density at radius 1 is 1.04 bits per heavy atom. The lowest BCUT2D eigenvalue weighted by molar-refractivity contribution is -0.117. The molecule has 0 radical (unpaired) electrons. The molecule has 1 amide bonds. The third-order valence-electron chi connectivity index (χ3n) is 4.68. The Morgan fingerprint density at radius 3 is 2.62 bits per heavy atom. The fourth-order valence-corrected chi connectivity index (χ4v) is 3.36. The van der Waals surface area contributed by atoms with Crippen molar-refractivity contribution in [3.63, 3.8) is 0 Å². The number of carbonyl (C=O) groups is 1. The molecule has 0 aliphatic carbocycles. The average Bonchev–Trinajstić information content (AvgIpc) is 3.30. The van der Waals surface area contributed by atoms with Gasteiger partial charge in [0.15, 0.2) is 22.7 Å². The monoisotopic (exact) mass is 355 g/mol. The Kier molecular flexibility index (Phi) is 2.69. The van der Waals surface area contributed by atoms with E-state index in [0.717, 1.165) is 4.57 Å². The molecular formula is C16H13N5O5. The van der Waals surface area contributed by atoms with Crippen LogP contribution in [0.3, 0.4) is 0 Å². The van der Waals surface area contributed by atoms with Crippen molar-refractivity contribution >= 4 is 28.7 Å². The number of aryl methyl sites for hydroxylation is 1. The van der Waals surface area contributed by atoms with Gasteiger partial charge in [0, 0.05) is 20.2 Å². The van der Waals surface area contributed by atoms with Crippen molar-refractivity contribution in [3.05, 3.63) is 39.0 Å². The van der Waals surface area contributed by atoms with Crippen LogP contribution in [0.5, 0.6) is 11.5 Å². The van der Waals surface area contributed by atoms with Crippen LogP contribution in [-0.2, 0) is 25.4 Å². The minimum atomic E-state index is -0.484. The number of carbonyl (C=O) groups excluding carboxylic acids is 1. The second kappa shape index (κ2) is 4.75. The fourth-order valence-electron chi connectivity index (χ4n) is 3.36. The topological polar surface area (TPSA) is 101 Å². The molecule has 0 saturated heterocycles. The molecular weight excluding hydrogens is 342 g/mol. The molecule has 10 nitrogen and oxygen atoms in total. The molecule has 2 aliphatic heterocycles. The Bertz CT molecular complexity index is 1230.